The Kier molecular flexibility index (Phi) is 6.27. The van der Waals surface area contributed by atoms with Crippen LogP contribution in [0, 0.1) is 0 Å². The van der Waals surface area contributed by atoms with Crippen LogP contribution in [0.3, 0.4) is 0 Å². The second kappa shape index (κ2) is 8.46. The fourth-order valence-electron chi connectivity index (χ4n) is 1.72. The van der Waals surface area contributed by atoms with E-state index in [1.165, 1.54) is 0 Å². The second-order valence-corrected chi connectivity index (χ2v) is 5.22. The molecule has 0 saturated heterocycles. The Morgan fingerprint density at radius 1 is 1.19 bits per heavy atom. The van der Waals surface area contributed by atoms with Gasteiger partial charge in [0.05, 0.1) is 11.1 Å². The molecular formula is C15H19BrN4O. The molecule has 0 aliphatic rings. The van der Waals surface area contributed by atoms with Crippen LogP contribution in [0.2, 0.25) is 0 Å². The zero-order valence-electron chi connectivity index (χ0n) is 12.0. The number of rotatable bonds is 8. The van der Waals surface area contributed by atoms with Crippen molar-refractivity contribution in [2.75, 3.05) is 30.3 Å². The van der Waals surface area contributed by atoms with Gasteiger partial charge in [-0.15, -0.1) is 0 Å². The first kappa shape index (κ1) is 15.6. The van der Waals surface area contributed by atoms with Crippen LogP contribution in [0.1, 0.15) is 13.3 Å². The van der Waals surface area contributed by atoms with E-state index in [0.29, 0.717) is 12.6 Å². The Hall–Kier alpha value is -1.82. The molecule has 0 radical (unpaired) electrons. The van der Waals surface area contributed by atoms with Crippen molar-refractivity contribution >= 4 is 27.7 Å². The summed E-state index contributed by atoms with van der Waals surface area (Å²) in [5.41, 5.74) is 0. The molecule has 6 heteroatoms. The molecule has 0 aliphatic heterocycles. The molecule has 2 aromatic rings. The van der Waals surface area contributed by atoms with Gasteiger partial charge in [0, 0.05) is 19.3 Å². The Morgan fingerprint density at radius 2 is 2.00 bits per heavy atom. The third-order valence-corrected chi connectivity index (χ3v) is 3.28. The van der Waals surface area contributed by atoms with Crippen LogP contribution >= 0.6 is 15.9 Å². The summed E-state index contributed by atoms with van der Waals surface area (Å²) in [6.45, 7) is 4.26. The van der Waals surface area contributed by atoms with Crippen LogP contribution in [0.15, 0.2) is 41.0 Å². The van der Waals surface area contributed by atoms with Gasteiger partial charge in [0.15, 0.2) is 0 Å². The Labute approximate surface area is 133 Å². The number of nitrogens with one attached hydrogen (secondary N) is 2. The molecule has 0 amide bonds. The van der Waals surface area contributed by atoms with Crippen molar-refractivity contribution in [2.45, 2.75) is 13.3 Å². The average molecular weight is 351 g/mol. The normalized spacial score (nSPS) is 10.2. The van der Waals surface area contributed by atoms with Crippen molar-refractivity contribution in [2.24, 2.45) is 0 Å². The summed E-state index contributed by atoms with van der Waals surface area (Å²) in [5, 5.41) is 6.37. The molecule has 0 saturated carbocycles. The maximum atomic E-state index is 5.64. The number of hydrogen-bond donors (Lipinski definition) is 2. The molecule has 0 aliphatic carbocycles. The highest BCUT2D eigenvalue weighted by molar-refractivity contribution is 9.10. The maximum absolute atomic E-state index is 5.64. The number of aromatic nitrogens is 2. The molecule has 2 rings (SSSR count). The van der Waals surface area contributed by atoms with Crippen molar-refractivity contribution in [1.82, 2.24) is 9.97 Å². The highest BCUT2D eigenvalue weighted by Gasteiger charge is 2.03. The molecular weight excluding hydrogens is 332 g/mol. The number of anilines is 2. The SMILES string of the molecule is CCNc1ncc(Br)c(NCCCOc2ccccc2)n1. The van der Waals surface area contributed by atoms with Gasteiger partial charge in [-0.3, -0.25) is 0 Å². The molecule has 112 valence electrons. The Morgan fingerprint density at radius 3 is 2.76 bits per heavy atom. The van der Waals surface area contributed by atoms with Gasteiger partial charge in [0.2, 0.25) is 5.95 Å². The van der Waals surface area contributed by atoms with Crippen molar-refractivity contribution in [1.29, 1.82) is 0 Å². The van der Waals surface area contributed by atoms with E-state index < -0.39 is 0 Å². The first-order valence-corrected chi connectivity index (χ1v) is 7.77. The van der Waals surface area contributed by atoms with E-state index in [4.69, 9.17) is 4.74 Å². The van der Waals surface area contributed by atoms with Gasteiger partial charge in [0.25, 0.3) is 0 Å². The zero-order chi connectivity index (χ0) is 14.9. The zero-order valence-corrected chi connectivity index (χ0v) is 13.6. The minimum Gasteiger partial charge on any atom is -0.494 e. The summed E-state index contributed by atoms with van der Waals surface area (Å²) >= 11 is 3.44. The van der Waals surface area contributed by atoms with Crippen molar-refractivity contribution in [3.05, 3.63) is 41.0 Å². The number of para-hydroxylation sites is 1. The molecule has 0 bridgehead atoms. The lowest BCUT2D eigenvalue weighted by Gasteiger charge is -2.10. The average Bonchev–Trinajstić information content (AvgIpc) is 2.51. The first-order chi connectivity index (χ1) is 10.3. The van der Waals surface area contributed by atoms with E-state index in [0.717, 1.165) is 35.6 Å². The van der Waals surface area contributed by atoms with E-state index >= 15 is 0 Å². The summed E-state index contributed by atoms with van der Waals surface area (Å²) in [7, 11) is 0. The summed E-state index contributed by atoms with van der Waals surface area (Å²) in [4.78, 5) is 8.58. The summed E-state index contributed by atoms with van der Waals surface area (Å²) in [6, 6.07) is 9.82. The van der Waals surface area contributed by atoms with E-state index in [-0.39, 0.29) is 0 Å². The molecule has 2 N–H and O–H groups in total. The van der Waals surface area contributed by atoms with E-state index in [1.54, 1.807) is 6.20 Å². The number of ether oxygens (including phenoxy) is 1. The van der Waals surface area contributed by atoms with E-state index in [9.17, 15) is 0 Å². The highest BCUT2D eigenvalue weighted by Crippen LogP contribution is 2.20. The Bertz CT molecular complexity index is 551. The van der Waals surface area contributed by atoms with Gasteiger partial charge < -0.3 is 15.4 Å². The molecule has 21 heavy (non-hydrogen) atoms. The molecule has 0 fully saturated rings. The minimum absolute atomic E-state index is 0.628. The van der Waals surface area contributed by atoms with Gasteiger partial charge in [-0.05, 0) is 41.4 Å². The van der Waals surface area contributed by atoms with Crippen molar-refractivity contribution in [3.63, 3.8) is 0 Å². The third-order valence-electron chi connectivity index (χ3n) is 2.70. The third kappa shape index (κ3) is 5.23. The maximum Gasteiger partial charge on any atom is 0.224 e. The summed E-state index contributed by atoms with van der Waals surface area (Å²) in [6.07, 6.45) is 2.63. The lowest BCUT2D eigenvalue weighted by atomic mass is 10.3. The van der Waals surface area contributed by atoms with Gasteiger partial charge in [0.1, 0.15) is 11.6 Å². The Balaban J connectivity index is 1.74. The predicted octanol–water partition coefficient (Wildman–Crippen LogP) is 3.55. The number of hydrogen-bond acceptors (Lipinski definition) is 5. The first-order valence-electron chi connectivity index (χ1n) is 6.97. The standard InChI is InChI=1S/C15H19BrN4O/c1-2-17-15-19-11-13(16)14(20-15)18-9-6-10-21-12-7-4-3-5-8-12/h3-5,7-8,11H,2,6,9-10H2,1H3,(H2,17,18,19,20). The topological polar surface area (TPSA) is 59.1 Å². The van der Waals surface area contributed by atoms with Crippen LogP contribution in [0.5, 0.6) is 5.75 Å². The van der Waals surface area contributed by atoms with Gasteiger partial charge in [-0.2, -0.15) is 4.98 Å². The molecule has 0 unspecified atom stereocenters. The fraction of sp³-hybridized carbons (Fsp3) is 0.333. The van der Waals surface area contributed by atoms with E-state index in [1.807, 2.05) is 37.3 Å². The van der Waals surface area contributed by atoms with Crippen molar-refractivity contribution in [3.8, 4) is 5.75 Å². The number of benzene rings is 1. The summed E-state index contributed by atoms with van der Waals surface area (Å²) in [5.74, 6) is 2.32. The van der Waals surface area contributed by atoms with Crippen LogP contribution in [0.25, 0.3) is 0 Å². The molecule has 1 aromatic carbocycles. The smallest absolute Gasteiger partial charge is 0.224 e. The summed E-state index contributed by atoms with van der Waals surface area (Å²) < 4.78 is 6.49. The van der Waals surface area contributed by atoms with Crippen LogP contribution in [-0.2, 0) is 0 Å². The lowest BCUT2D eigenvalue weighted by Crippen LogP contribution is -2.10. The minimum atomic E-state index is 0.628. The monoisotopic (exact) mass is 350 g/mol. The van der Waals surface area contributed by atoms with Crippen LogP contribution in [0.4, 0.5) is 11.8 Å². The molecule has 1 heterocycles. The van der Waals surface area contributed by atoms with Gasteiger partial charge >= 0.3 is 0 Å². The van der Waals surface area contributed by atoms with Crippen LogP contribution < -0.4 is 15.4 Å². The lowest BCUT2D eigenvalue weighted by molar-refractivity contribution is 0.315. The van der Waals surface area contributed by atoms with E-state index in [2.05, 4.69) is 36.5 Å². The molecule has 0 spiro atoms. The highest BCUT2D eigenvalue weighted by atomic mass is 79.9. The van der Waals surface area contributed by atoms with Crippen LogP contribution in [-0.4, -0.2) is 29.7 Å². The van der Waals surface area contributed by atoms with Crippen molar-refractivity contribution < 1.29 is 4.74 Å². The molecule has 0 atom stereocenters. The second-order valence-electron chi connectivity index (χ2n) is 4.36. The number of halogens is 1. The molecule has 1 aromatic heterocycles. The number of nitrogens with zero attached hydrogens (tertiary/aromatic N) is 2. The fourth-order valence-corrected chi connectivity index (χ4v) is 2.05. The quantitative estimate of drug-likeness (QED) is 0.713. The molecule has 5 nitrogen and oxygen atoms in total. The van der Waals surface area contributed by atoms with Gasteiger partial charge in [-0.1, -0.05) is 18.2 Å². The predicted molar refractivity (Wildman–Crippen MR) is 88.9 cm³/mol. The van der Waals surface area contributed by atoms with Gasteiger partial charge in [-0.25, -0.2) is 4.98 Å². The largest absolute Gasteiger partial charge is 0.494 e.